The van der Waals surface area contributed by atoms with Crippen LogP contribution in [0.15, 0.2) is 27.9 Å². The van der Waals surface area contributed by atoms with Gasteiger partial charge in [0.1, 0.15) is 5.71 Å². The molecule has 5 nitrogen and oxygen atoms in total. The Kier molecular flexibility index (Phi) is 1.55. The second-order valence-corrected chi connectivity index (χ2v) is 2.33. The molecule has 0 unspecified atom stereocenters. The smallest absolute Gasteiger partial charge is 0.335 e. The summed E-state index contributed by atoms with van der Waals surface area (Å²) in [5, 5.41) is 6.39. The topological polar surface area (TPSA) is 66.6 Å². The van der Waals surface area contributed by atoms with Crippen molar-refractivity contribution in [3.8, 4) is 0 Å². The van der Waals surface area contributed by atoms with Crippen LogP contribution in [0.25, 0.3) is 0 Å². The van der Waals surface area contributed by atoms with Crippen molar-refractivity contribution in [2.24, 2.45) is 5.10 Å². The van der Waals surface area contributed by atoms with Gasteiger partial charge >= 0.3 is 6.03 Å². The zero-order valence-corrected chi connectivity index (χ0v) is 6.20. The Balaban J connectivity index is 2.21. The number of hydrogen-bond donors (Lipinski definition) is 2. The molecule has 2 heterocycles. The monoisotopic (exact) mass is 165 g/mol. The minimum absolute atomic E-state index is 0.287. The molecule has 0 radical (unpaired) electrons. The van der Waals surface area contributed by atoms with Crippen molar-refractivity contribution in [2.75, 3.05) is 6.54 Å². The fraction of sp³-hybridized carbons (Fsp3) is 0.143. The van der Waals surface area contributed by atoms with Crippen molar-refractivity contribution in [3.05, 3.63) is 24.2 Å². The second kappa shape index (κ2) is 2.69. The van der Waals surface area contributed by atoms with E-state index >= 15 is 0 Å². The average molecular weight is 165 g/mol. The van der Waals surface area contributed by atoms with E-state index in [0.717, 1.165) is 0 Å². The van der Waals surface area contributed by atoms with E-state index in [9.17, 15) is 4.79 Å². The van der Waals surface area contributed by atoms with Gasteiger partial charge in [0.2, 0.25) is 0 Å². The maximum atomic E-state index is 10.6. The first-order valence-electron chi connectivity index (χ1n) is 3.50. The van der Waals surface area contributed by atoms with Crippen molar-refractivity contribution in [3.63, 3.8) is 0 Å². The van der Waals surface area contributed by atoms with Gasteiger partial charge in [-0.3, -0.25) is 0 Å². The Bertz CT molecular complexity index is 315. The summed E-state index contributed by atoms with van der Waals surface area (Å²) in [4.78, 5) is 10.6. The van der Waals surface area contributed by atoms with Gasteiger partial charge in [-0.15, -0.1) is 0 Å². The minimum Gasteiger partial charge on any atom is -0.463 e. The molecule has 0 saturated carbocycles. The van der Waals surface area contributed by atoms with E-state index in [1.807, 2.05) is 0 Å². The highest BCUT2D eigenvalue weighted by Gasteiger charge is 2.13. The zero-order valence-electron chi connectivity index (χ0n) is 6.20. The number of nitrogens with one attached hydrogen (secondary N) is 2. The molecule has 62 valence electrons. The molecule has 0 aliphatic carbocycles. The summed E-state index contributed by atoms with van der Waals surface area (Å²) < 4.78 is 5.09. The van der Waals surface area contributed by atoms with Gasteiger partial charge in [0.15, 0.2) is 5.76 Å². The third-order valence-corrected chi connectivity index (χ3v) is 1.51. The maximum absolute atomic E-state index is 10.6. The predicted octanol–water partition coefficient (Wildman–Crippen LogP) is 0.297. The van der Waals surface area contributed by atoms with Gasteiger partial charge in [-0.25, -0.2) is 10.2 Å². The van der Waals surface area contributed by atoms with E-state index in [4.69, 9.17) is 4.42 Å². The Morgan fingerprint density at radius 2 is 2.50 bits per heavy atom. The minimum atomic E-state index is -0.287. The zero-order chi connectivity index (χ0) is 8.39. The van der Waals surface area contributed by atoms with Crippen molar-refractivity contribution in [2.45, 2.75) is 0 Å². The number of amides is 2. The van der Waals surface area contributed by atoms with Crippen LogP contribution in [-0.2, 0) is 0 Å². The van der Waals surface area contributed by atoms with Gasteiger partial charge in [0, 0.05) is 0 Å². The van der Waals surface area contributed by atoms with Gasteiger partial charge in [-0.05, 0) is 12.1 Å². The molecular formula is C7H7N3O2. The summed E-state index contributed by atoms with van der Waals surface area (Å²) in [6.45, 7) is 0.402. The number of hydrogen-bond acceptors (Lipinski definition) is 3. The summed E-state index contributed by atoms with van der Waals surface area (Å²) in [5.41, 5.74) is 2.99. The Hall–Kier alpha value is -1.78. The molecule has 12 heavy (non-hydrogen) atoms. The van der Waals surface area contributed by atoms with Crippen LogP contribution in [-0.4, -0.2) is 18.3 Å². The number of hydrazone groups is 1. The molecule has 0 fully saturated rings. The van der Waals surface area contributed by atoms with Crippen LogP contribution in [0, 0.1) is 0 Å². The summed E-state index contributed by atoms with van der Waals surface area (Å²) in [5.74, 6) is 0.669. The third-order valence-electron chi connectivity index (χ3n) is 1.51. The van der Waals surface area contributed by atoms with Crippen molar-refractivity contribution >= 4 is 11.7 Å². The van der Waals surface area contributed by atoms with Crippen LogP contribution in [0.2, 0.25) is 0 Å². The van der Waals surface area contributed by atoms with Crippen LogP contribution in [0.1, 0.15) is 5.76 Å². The molecule has 1 aliphatic heterocycles. The van der Waals surface area contributed by atoms with Crippen LogP contribution in [0.3, 0.4) is 0 Å². The third kappa shape index (κ3) is 1.16. The molecule has 1 aliphatic rings. The van der Waals surface area contributed by atoms with Gasteiger partial charge in [0.05, 0.1) is 12.8 Å². The Morgan fingerprint density at radius 3 is 3.08 bits per heavy atom. The standard InChI is InChI=1S/C7H7N3O2/c11-7-8-4-5(9-10-7)6-2-1-3-12-6/h1-3H,4H2,(H2,8,10,11). The molecule has 0 aromatic carbocycles. The van der Waals surface area contributed by atoms with E-state index in [0.29, 0.717) is 18.0 Å². The number of carbonyl (C=O) groups is 1. The fourth-order valence-corrected chi connectivity index (χ4v) is 0.946. The van der Waals surface area contributed by atoms with E-state index in [-0.39, 0.29) is 6.03 Å². The van der Waals surface area contributed by atoms with E-state index in [1.54, 1.807) is 18.4 Å². The number of nitrogens with zero attached hydrogens (tertiary/aromatic N) is 1. The first-order chi connectivity index (χ1) is 5.86. The predicted molar refractivity (Wildman–Crippen MR) is 41.8 cm³/mol. The lowest BCUT2D eigenvalue weighted by molar-refractivity contribution is 0.241. The van der Waals surface area contributed by atoms with Crippen molar-refractivity contribution < 1.29 is 9.21 Å². The number of rotatable bonds is 1. The summed E-state index contributed by atoms with van der Waals surface area (Å²) in [7, 11) is 0. The lowest BCUT2D eigenvalue weighted by atomic mass is 10.3. The van der Waals surface area contributed by atoms with Crippen LogP contribution in [0.5, 0.6) is 0 Å². The van der Waals surface area contributed by atoms with Gasteiger partial charge in [-0.2, -0.15) is 5.10 Å². The molecule has 1 aromatic heterocycles. The van der Waals surface area contributed by atoms with E-state index in [2.05, 4.69) is 15.8 Å². The highest BCUT2D eigenvalue weighted by Crippen LogP contribution is 2.02. The Morgan fingerprint density at radius 1 is 1.58 bits per heavy atom. The molecule has 2 N–H and O–H groups in total. The largest absolute Gasteiger partial charge is 0.463 e. The van der Waals surface area contributed by atoms with Crippen molar-refractivity contribution in [1.82, 2.24) is 10.7 Å². The number of urea groups is 1. The quantitative estimate of drug-likeness (QED) is 0.628. The molecular weight excluding hydrogens is 158 g/mol. The van der Waals surface area contributed by atoms with Gasteiger partial charge < -0.3 is 9.73 Å². The van der Waals surface area contributed by atoms with Crippen LogP contribution >= 0.6 is 0 Å². The molecule has 2 amide bonds. The number of carbonyl (C=O) groups excluding carboxylic acids is 1. The van der Waals surface area contributed by atoms with Gasteiger partial charge in [-0.1, -0.05) is 0 Å². The molecule has 0 saturated heterocycles. The van der Waals surface area contributed by atoms with Crippen LogP contribution in [0.4, 0.5) is 4.79 Å². The SMILES string of the molecule is O=C1NCC(c2ccco2)=NN1. The average Bonchev–Trinajstić information content (AvgIpc) is 2.58. The van der Waals surface area contributed by atoms with Crippen LogP contribution < -0.4 is 10.7 Å². The first kappa shape index (κ1) is 6.90. The first-order valence-corrected chi connectivity index (χ1v) is 3.50. The fourth-order valence-electron chi connectivity index (χ4n) is 0.946. The highest BCUT2D eigenvalue weighted by atomic mass is 16.3. The molecule has 1 aromatic rings. The lowest BCUT2D eigenvalue weighted by Crippen LogP contribution is -2.42. The lowest BCUT2D eigenvalue weighted by Gasteiger charge is -2.11. The van der Waals surface area contributed by atoms with E-state index < -0.39 is 0 Å². The molecule has 5 heteroatoms. The molecule has 0 atom stereocenters. The molecule has 0 spiro atoms. The van der Waals surface area contributed by atoms with Gasteiger partial charge in [0.25, 0.3) is 0 Å². The summed E-state index contributed by atoms with van der Waals surface area (Å²) >= 11 is 0. The highest BCUT2D eigenvalue weighted by molar-refractivity contribution is 6.03. The molecule has 0 bridgehead atoms. The number of furan rings is 1. The Labute approximate surface area is 68.4 Å². The second-order valence-electron chi connectivity index (χ2n) is 2.33. The normalized spacial score (nSPS) is 16.3. The maximum Gasteiger partial charge on any atom is 0.335 e. The summed E-state index contributed by atoms with van der Waals surface area (Å²) in [6, 6.07) is 3.28. The van der Waals surface area contributed by atoms with Crippen molar-refractivity contribution in [1.29, 1.82) is 0 Å². The van der Waals surface area contributed by atoms with E-state index in [1.165, 1.54) is 0 Å². The summed E-state index contributed by atoms with van der Waals surface area (Å²) in [6.07, 6.45) is 1.56. The molecule has 2 rings (SSSR count).